The third-order valence-corrected chi connectivity index (χ3v) is 3.25. The molecule has 0 atom stereocenters. The Morgan fingerprint density at radius 2 is 2.21 bits per heavy atom. The first-order chi connectivity index (χ1) is 9.06. The lowest BCUT2D eigenvalue weighted by Crippen LogP contribution is -2.15. The fourth-order valence-corrected chi connectivity index (χ4v) is 2.41. The van der Waals surface area contributed by atoms with Gasteiger partial charge in [0.2, 0.25) is 5.82 Å². The maximum Gasteiger partial charge on any atom is 0.343 e. The summed E-state index contributed by atoms with van der Waals surface area (Å²) in [5.74, 6) is 1.05. The van der Waals surface area contributed by atoms with Crippen LogP contribution in [-0.2, 0) is 0 Å². The van der Waals surface area contributed by atoms with E-state index in [1.807, 2.05) is 25.9 Å². The number of nitrogens with one attached hydrogen (secondary N) is 1. The minimum Gasteiger partial charge on any atom is -0.364 e. The third kappa shape index (κ3) is 4.99. The number of hydrogen-bond acceptors (Lipinski definition) is 7. The Bertz CT molecular complexity index is 428. The highest BCUT2D eigenvalue weighted by Crippen LogP contribution is 2.31. The number of aromatic nitrogens is 2. The van der Waals surface area contributed by atoms with Crippen LogP contribution in [-0.4, -0.2) is 52.7 Å². The largest absolute Gasteiger partial charge is 0.364 e. The van der Waals surface area contributed by atoms with Crippen LogP contribution in [0.25, 0.3) is 0 Å². The molecule has 8 heteroatoms. The van der Waals surface area contributed by atoms with Gasteiger partial charge in [-0.15, -0.1) is 0 Å². The highest BCUT2D eigenvalue weighted by molar-refractivity contribution is 7.99. The zero-order valence-corrected chi connectivity index (χ0v) is 12.2. The van der Waals surface area contributed by atoms with Gasteiger partial charge in [-0.1, -0.05) is 18.7 Å². The van der Waals surface area contributed by atoms with Gasteiger partial charge in [-0.05, 0) is 20.5 Å². The predicted octanol–water partition coefficient (Wildman–Crippen LogP) is 1.86. The SMILES string of the molecule is CCCNc1ncnc(SCCN(C)C)c1[N+](=O)[O-]. The van der Waals surface area contributed by atoms with Crippen molar-refractivity contribution in [3.05, 3.63) is 16.4 Å². The summed E-state index contributed by atoms with van der Waals surface area (Å²) in [6.07, 6.45) is 2.24. The first-order valence-electron chi connectivity index (χ1n) is 6.07. The minimum absolute atomic E-state index is 0.0280. The zero-order chi connectivity index (χ0) is 14.3. The van der Waals surface area contributed by atoms with Gasteiger partial charge in [0.05, 0.1) is 4.92 Å². The number of anilines is 1. The Morgan fingerprint density at radius 1 is 1.47 bits per heavy atom. The van der Waals surface area contributed by atoms with E-state index in [0.29, 0.717) is 17.4 Å². The second kappa shape index (κ2) is 7.90. The standard InChI is InChI=1S/C11H19N5O2S/c1-4-5-12-10-9(16(17)18)11(14-8-13-10)19-7-6-15(2)3/h8H,4-7H2,1-3H3,(H,12,13,14). The molecule has 0 radical (unpaired) electrons. The van der Waals surface area contributed by atoms with Crippen molar-refractivity contribution in [1.29, 1.82) is 0 Å². The molecule has 0 aliphatic heterocycles. The van der Waals surface area contributed by atoms with Crippen molar-refractivity contribution in [3.8, 4) is 0 Å². The third-order valence-electron chi connectivity index (χ3n) is 2.29. The number of nitrogens with zero attached hydrogens (tertiary/aromatic N) is 4. The van der Waals surface area contributed by atoms with Gasteiger partial charge in [-0.25, -0.2) is 9.97 Å². The summed E-state index contributed by atoms with van der Waals surface area (Å²) < 4.78 is 0. The van der Waals surface area contributed by atoms with Crippen LogP contribution < -0.4 is 5.32 Å². The molecule has 1 N–H and O–H groups in total. The first-order valence-corrected chi connectivity index (χ1v) is 7.05. The summed E-state index contributed by atoms with van der Waals surface area (Å²) in [7, 11) is 3.92. The molecule has 0 saturated carbocycles. The molecule has 1 heterocycles. The smallest absolute Gasteiger partial charge is 0.343 e. The van der Waals surface area contributed by atoms with Gasteiger partial charge in [-0.3, -0.25) is 10.1 Å². The Kier molecular flexibility index (Phi) is 6.51. The molecule has 0 spiro atoms. The van der Waals surface area contributed by atoms with E-state index in [4.69, 9.17) is 0 Å². The molecule has 1 aromatic heterocycles. The summed E-state index contributed by atoms with van der Waals surface area (Å²) in [4.78, 5) is 20.7. The molecular formula is C11H19N5O2S. The maximum absolute atomic E-state index is 11.2. The summed E-state index contributed by atoms with van der Waals surface area (Å²) in [6, 6.07) is 0. The first kappa shape index (κ1) is 15.6. The predicted molar refractivity (Wildman–Crippen MR) is 76.7 cm³/mol. The average Bonchev–Trinajstić information content (AvgIpc) is 2.35. The fourth-order valence-electron chi connectivity index (χ4n) is 1.33. The number of thioether (sulfide) groups is 1. The molecule has 0 saturated heterocycles. The molecule has 0 aliphatic rings. The highest BCUT2D eigenvalue weighted by Gasteiger charge is 2.22. The number of hydrogen-bond donors (Lipinski definition) is 1. The van der Waals surface area contributed by atoms with Crippen molar-refractivity contribution in [2.75, 3.05) is 38.3 Å². The summed E-state index contributed by atoms with van der Waals surface area (Å²) in [5, 5.41) is 14.5. The van der Waals surface area contributed by atoms with Crippen LogP contribution in [0.4, 0.5) is 11.5 Å². The molecular weight excluding hydrogens is 266 g/mol. The molecule has 0 aliphatic carbocycles. The van der Waals surface area contributed by atoms with Gasteiger partial charge in [0.1, 0.15) is 6.33 Å². The fraction of sp³-hybridized carbons (Fsp3) is 0.636. The lowest BCUT2D eigenvalue weighted by atomic mass is 10.4. The molecule has 0 unspecified atom stereocenters. The van der Waals surface area contributed by atoms with Crippen LogP contribution in [0.15, 0.2) is 11.4 Å². The molecule has 106 valence electrons. The van der Waals surface area contributed by atoms with Crippen molar-refractivity contribution < 1.29 is 4.92 Å². The second-order valence-electron chi connectivity index (χ2n) is 4.21. The van der Waals surface area contributed by atoms with Gasteiger partial charge < -0.3 is 10.2 Å². The molecule has 7 nitrogen and oxygen atoms in total. The molecule has 1 aromatic rings. The van der Waals surface area contributed by atoms with Crippen LogP contribution >= 0.6 is 11.8 Å². The number of nitro groups is 1. The lowest BCUT2D eigenvalue weighted by molar-refractivity contribution is -0.387. The minimum atomic E-state index is -0.421. The summed E-state index contributed by atoms with van der Waals surface area (Å²) in [6.45, 7) is 3.48. The zero-order valence-electron chi connectivity index (χ0n) is 11.4. The van der Waals surface area contributed by atoms with E-state index in [9.17, 15) is 10.1 Å². The Morgan fingerprint density at radius 3 is 2.79 bits per heavy atom. The van der Waals surface area contributed by atoms with Crippen molar-refractivity contribution in [1.82, 2.24) is 14.9 Å². The van der Waals surface area contributed by atoms with E-state index in [1.165, 1.54) is 18.1 Å². The topological polar surface area (TPSA) is 84.2 Å². The Balaban J connectivity index is 2.86. The van der Waals surface area contributed by atoms with Crippen LogP contribution in [0.3, 0.4) is 0 Å². The van der Waals surface area contributed by atoms with Gasteiger partial charge in [0.15, 0.2) is 5.03 Å². The molecule has 0 fully saturated rings. The molecule has 0 amide bonds. The van der Waals surface area contributed by atoms with Gasteiger partial charge in [0.25, 0.3) is 0 Å². The monoisotopic (exact) mass is 285 g/mol. The van der Waals surface area contributed by atoms with Crippen molar-refractivity contribution in [2.45, 2.75) is 18.4 Å². The number of rotatable bonds is 8. The normalized spacial score (nSPS) is 10.7. The molecule has 0 bridgehead atoms. The molecule has 19 heavy (non-hydrogen) atoms. The van der Waals surface area contributed by atoms with E-state index < -0.39 is 4.92 Å². The molecule has 1 rings (SSSR count). The van der Waals surface area contributed by atoms with Crippen molar-refractivity contribution in [3.63, 3.8) is 0 Å². The van der Waals surface area contributed by atoms with Crippen LogP contribution in [0.5, 0.6) is 0 Å². The Labute approximate surface area is 117 Å². The van der Waals surface area contributed by atoms with Gasteiger partial charge in [0, 0.05) is 18.8 Å². The van der Waals surface area contributed by atoms with E-state index in [2.05, 4.69) is 15.3 Å². The highest BCUT2D eigenvalue weighted by atomic mass is 32.2. The van der Waals surface area contributed by atoms with E-state index in [0.717, 1.165) is 18.7 Å². The summed E-state index contributed by atoms with van der Waals surface area (Å²) >= 11 is 1.38. The van der Waals surface area contributed by atoms with E-state index >= 15 is 0 Å². The van der Waals surface area contributed by atoms with Crippen LogP contribution in [0.1, 0.15) is 13.3 Å². The van der Waals surface area contributed by atoms with Crippen LogP contribution in [0, 0.1) is 10.1 Å². The Hall–Kier alpha value is -1.41. The van der Waals surface area contributed by atoms with Gasteiger partial charge >= 0.3 is 5.69 Å². The lowest BCUT2D eigenvalue weighted by Gasteiger charge is -2.09. The van der Waals surface area contributed by atoms with Crippen molar-refractivity contribution in [2.24, 2.45) is 0 Å². The quantitative estimate of drug-likeness (QED) is 0.338. The van der Waals surface area contributed by atoms with E-state index in [1.54, 1.807) is 0 Å². The maximum atomic E-state index is 11.2. The second-order valence-corrected chi connectivity index (χ2v) is 5.30. The summed E-state index contributed by atoms with van der Waals surface area (Å²) in [5.41, 5.74) is -0.0280. The van der Waals surface area contributed by atoms with Crippen LogP contribution in [0.2, 0.25) is 0 Å². The van der Waals surface area contributed by atoms with E-state index in [-0.39, 0.29) is 5.69 Å². The molecule has 0 aromatic carbocycles. The van der Waals surface area contributed by atoms with Crippen molar-refractivity contribution >= 4 is 23.3 Å². The van der Waals surface area contributed by atoms with Gasteiger partial charge in [-0.2, -0.15) is 0 Å². The average molecular weight is 285 g/mol.